The van der Waals surface area contributed by atoms with E-state index in [9.17, 15) is 4.79 Å². The number of amides is 1. The van der Waals surface area contributed by atoms with Gasteiger partial charge in [-0.2, -0.15) is 0 Å². The molecule has 1 rings (SSSR count). The maximum atomic E-state index is 12.7. The van der Waals surface area contributed by atoms with E-state index < -0.39 is 26.7 Å². The number of aromatic nitrogens is 1. The van der Waals surface area contributed by atoms with Crippen molar-refractivity contribution in [1.29, 1.82) is 0 Å². The second-order valence-electron chi connectivity index (χ2n) is 15.3. The van der Waals surface area contributed by atoms with Gasteiger partial charge in [-0.3, -0.25) is 0 Å². The molecular weight excluding hydrogens is 819 g/mol. The zero-order valence-electron chi connectivity index (χ0n) is 33.0. The monoisotopic (exact) mass is 890 g/mol. The van der Waals surface area contributed by atoms with E-state index in [0.717, 1.165) is 30.0 Å². The van der Waals surface area contributed by atoms with Gasteiger partial charge in [0.25, 0.3) is 0 Å². The molecule has 3 unspecified atom stereocenters. The third kappa shape index (κ3) is 18.3. The van der Waals surface area contributed by atoms with E-state index in [-0.39, 0.29) is 36.0 Å². The summed E-state index contributed by atoms with van der Waals surface area (Å²) in [5, 5.41) is 6.12. The first-order chi connectivity index (χ1) is 23.2. The number of thiazole rings is 1. The van der Waals surface area contributed by atoms with Crippen LogP contribution in [-0.4, -0.2) is 63.7 Å². The summed E-state index contributed by atoms with van der Waals surface area (Å²) in [5.41, 5.74) is 2.16. The third-order valence-electron chi connectivity index (χ3n) is 9.86. The fourth-order valence-electron chi connectivity index (χ4n) is 5.70. The predicted molar refractivity (Wildman–Crippen MR) is 222 cm³/mol. The second kappa shape index (κ2) is 24.8. The first kappa shape index (κ1) is 46.7. The Bertz CT molecular complexity index is 1130. The Balaban J connectivity index is 3.18. The number of rotatable bonds is 26. The van der Waals surface area contributed by atoms with Crippen LogP contribution in [0.3, 0.4) is 0 Å². The fraction of sp³-hybridized carbons (Fsp3) is 0.744. The molecule has 0 fully saturated rings. The Hall–Kier alpha value is -0.304. The van der Waals surface area contributed by atoms with Gasteiger partial charge in [0.2, 0.25) is 0 Å². The van der Waals surface area contributed by atoms with E-state index >= 15 is 0 Å². The average Bonchev–Trinajstić information content (AvgIpc) is 3.52. The minimum atomic E-state index is -2.56. The fourth-order valence-corrected chi connectivity index (χ4v) is 22.3. The van der Waals surface area contributed by atoms with Gasteiger partial charge in [-0.15, -0.1) is 11.3 Å². The summed E-state index contributed by atoms with van der Waals surface area (Å²) in [6, 6.07) is -0.101. The van der Waals surface area contributed by atoms with Gasteiger partial charge in [0.1, 0.15) is 5.01 Å². The number of unbranched alkanes of at least 4 members (excludes halogenated alkanes) is 4. The number of carbonyl (C=O) groups excluding carboxylic acids is 1. The third-order valence-corrected chi connectivity index (χ3v) is 29.8. The topological polar surface area (TPSA) is 69.7 Å². The van der Waals surface area contributed by atoms with E-state index in [1.165, 1.54) is 57.4 Å². The van der Waals surface area contributed by atoms with Gasteiger partial charge in [0, 0.05) is 5.38 Å². The van der Waals surface area contributed by atoms with Gasteiger partial charge in [0.15, 0.2) is 0 Å². The van der Waals surface area contributed by atoms with Crippen molar-refractivity contribution in [3.63, 3.8) is 0 Å². The number of halogens is 1. The van der Waals surface area contributed by atoms with Gasteiger partial charge in [-0.25, -0.2) is 4.98 Å². The summed E-state index contributed by atoms with van der Waals surface area (Å²) in [5.74, 6) is 0.0696. The van der Waals surface area contributed by atoms with E-state index in [1.807, 2.05) is 18.4 Å². The van der Waals surface area contributed by atoms with Crippen LogP contribution in [0.2, 0.25) is 31.4 Å². The average molecular weight is 891 g/mol. The van der Waals surface area contributed by atoms with Crippen LogP contribution >= 0.6 is 27.3 Å². The van der Waals surface area contributed by atoms with Crippen molar-refractivity contribution < 1.29 is 18.7 Å². The molecule has 0 saturated carbocycles. The van der Waals surface area contributed by atoms with Crippen molar-refractivity contribution in [2.75, 3.05) is 13.9 Å². The van der Waals surface area contributed by atoms with Gasteiger partial charge >= 0.3 is 249 Å². The Morgan fingerprint density at radius 3 is 2.14 bits per heavy atom. The molecule has 49 heavy (non-hydrogen) atoms. The van der Waals surface area contributed by atoms with Crippen LogP contribution in [0.25, 0.3) is 6.08 Å². The molecule has 0 radical (unpaired) electrons. The Morgan fingerprint density at radius 2 is 1.61 bits per heavy atom. The summed E-state index contributed by atoms with van der Waals surface area (Å²) >= 11 is 2.30. The molecule has 0 saturated heterocycles. The van der Waals surface area contributed by atoms with Crippen LogP contribution in [0.4, 0.5) is 0 Å². The summed E-state index contributed by atoms with van der Waals surface area (Å²) in [6.07, 6.45) is 17.2. The molecule has 0 aromatic carbocycles. The van der Waals surface area contributed by atoms with Crippen molar-refractivity contribution in [1.82, 2.24) is 10.3 Å². The molecule has 1 aromatic rings. The number of nitrogens with one attached hydrogen (secondary N) is 1. The molecule has 3 atom stereocenters. The molecule has 1 amide bonds. The van der Waals surface area contributed by atoms with Crippen molar-refractivity contribution >= 4 is 65.9 Å². The van der Waals surface area contributed by atoms with E-state index in [0.29, 0.717) is 6.42 Å². The van der Waals surface area contributed by atoms with Crippen molar-refractivity contribution in [2.45, 2.75) is 169 Å². The molecule has 0 aliphatic rings. The molecule has 0 aliphatic heterocycles. The van der Waals surface area contributed by atoms with Gasteiger partial charge in [0.05, 0.1) is 11.7 Å². The number of methoxy groups -OCH3 is 1. The summed E-state index contributed by atoms with van der Waals surface area (Å²) in [6.45, 7) is 23.0. The first-order valence-electron chi connectivity index (χ1n) is 18.8. The molecule has 10 heteroatoms. The number of nitrogens with zero attached hydrogens (tertiary/aromatic N) is 1. The molecule has 6 nitrogen and oxygen atoms in total. The molecule has 0 bridgehead atoms. The molecular formula is C39H71BrN2O4SSiSn. The Kier molecular flexibility index (Phi) is 23.7. The normalized spacial score (nSPS) is 15.3. The zero-order chi connectivity index (χ0) is 36.9. The number of allylic oxidation sites excluding steroid dienone is 1. The van der Waals surface area contributed by atoms with Crippen molar-refractivity contribution in [3.05, 3.63) is 42.9 Å². The van der Waals surface area contributed by atoms with E-state index in [1.54, 1.807) is 23.4 Å². The van der Waals surface area contributed by atoms with Crippen LogP contribution in [0.5, 0.6) is 0 Å². The Morgan fingerprint density at radius 1 is 1.02 bits per heavy atom. The van der Waals surface area contributed by atoms with Crippen molar-refractivity contribution in [3.8, 4) is 0 Å². The number of hydrogen-bond acceptors (Lipinski definition) is 6. The summed E-state index contributed by atoms with van der Waals surface area (Å²) in [7, 11) is -0.421. The molecule has 1 N–H and O–H groups in total. The standard InChI is InChI=1S/C27H44BrN2O4SSi.3C4H9.Sn/c1-10-23(34-36(8,9)27(4,5)6)24(33-19-32-7)17-20(2)13-11-12-14-25(31)29-21(3)26-30-22(15-16-28)18-35-26;3*1-3-4-2;/h1,10,15-18,21,23-24H,11-14,19H2,2-9H3,(H,29,31);3*1,3-4H2,2H3;/b10-1?,16-15+,20-17+;;;;. The quantitative estimate of drug-likeness (QED) is 0.0434. The predicted octanol–water partition coefficient (Wildman–Crippen LogP) is 12.5. The summed E-state index contributed by atoms with van der Waals surface area (Å²) < 4.78 is 26.1. The maximum absolute atomic E-state index is 12.7. The van der Waals surface area contributed by atoms with Crippen LogP contribution < -0.4 is 5.32 Å². The minimum absolute atomic E-state index is 0.0696. The first-order valence-corrected chi connectivity index (χ1v) is 31.2. The molecule has 1 heterocycles. The van der Waals surface area contributed by atoms with E-state index in [4.69, 9.17) is 13.9 Å². The number of ether oxygens (including phenoxy) is 2. The van der Waals surface area contributed by atoms with Crippen LogP contribution in [0.1, 0.15) is 136 Å². The molecule has 1 aromatic heterocycles. The number of hydrogen-bond donors (Lipinski definition) is 1. The van der Waals surface area contributed by atoms with Crippen LogP contribution in [0.15, 0.2) is 32.2 Å². The molecule has 0 spiro atoms. The van der Waals surface area contributed by atoms with Gasteiger partial charge < -0.3 is 0 Å². The van der Waals surface area contributed by atoms with Crippen LogP contribution in [-0.2, 0) is 18.7 Å². The van der Waals surface area contributed by atoms with Gasteiger partial charge in [-0.05, 0) is 18.0 Å². The number of carbonyl (C=O) groups is 1. The molecule has 0 aliphatic carbocycles. The summed E-state index contributed by atoms with van der Waals surface area (Å²) in [4.78, 5) is 19.1. The zero-order valence-corrected chi connectivity index (χ0v) is 39.2. The SMILES string of the molecule is CCC[CH2][Sn](/[CH]=C/C(O[Si](C)(C)C(C)(C)C)C(/C=C(\C)CCCCC(=O)NC(C)c1nc(/C=C/Br)cs1)OCOC)([CH2]CCC)[CH2]CCC. The van der Waals surface area contributed by atoms with Crippen molar-refractivity contribution in [2.24, 2.45) is 0 Å². The molecule has 282 valence electrons. The van der Waals surface area contributed by atoms with Gasteiger partial charge in [-0.1, -0.05) is 15.9 Å². The van der Waals surface area contributed by atoms with Crippen LogP contribution in [0, 0.1) is 0 Å². The van der Waals surface area contributed by atoms with E-state index in [2.05, 4.69) is 104 Å². The second-order valence-corrected chi connectivity index (χ2v) is 34.5. The Labute approximate surface area is 318 Å².